The number of benzene rings is 1. The van der Waals surface area contributed by atoms with E-state index in [-0.39, 0.29) is 12.0 Å². The Morgan fingerprint density at radius 1 is 1.44 bits per heavy atom. The van der Waals surface area contributed by atoms with Crippen molar-refractivity contribution in [1.82, 2.24) is 4.90 Å². The molecule has 0 aromatic heterocycles. The van der Waals surface area contributed by atoms with E-state index in [1.54, 1.807) is 24.1 Å². The summed E-state index contributed by atoms with van der Waals surface area (Å²) in [5.74, 6) is 1.17. The predicted octanol–water partition coefficient (Wildman–Crippen LogP) is 3.72. The second kappa shape index (κ2) is 9.17. The van der Waals surface area contributed by atoms with Gasteiger partial charge in [-0.3, -0.25) is 4.99 Å². The van der Waals surface area contributed by atoms with Crippen LogP contribution in [-0.2, 0) is 4.74 Å². The molecule has 3 N–H and O–H groups in total. The molecule has 1 amide bonds. The average molecular weight is 397 g/mol. The van der Waals surface area contributed by atoms with Crippen LogP contribution in [0.4, 0.5) is 10.5 Å². The Bertz CT molecular complexity index is 688. The summed E-state index contributed by atoms with van der Waals surface area (Å²) in [5.41, 5.74) is 6.23. The number of nitrogens with zero attached hydrogens (tertiary/aromatic N) is 2. The van der Waals surface area contributed by atoms with Crippen molar-refractivity contribution in [2.45, 2.75) is 39.2 Å². The number of nitrogens with two attached hydrogens (primary N) is 1. The van der Waals surface area contributed by atoms with Crippen molar-refractivity contribution >= 4 is 29.3 Å². The van der Waals surface area contributed by atoms with Crippen molar-refractivity contribution in [3.8, 4) is 5.75 Å². The van der Waals surface area contributed by atoms with Gasteiger partial charge in [0.05, 0.1) is 12.1 Å². The number of likely N-dealkylation sites (tertiary alicyclic amines) is 1. The molecule has 1 atom stereocenters. The number of halogens is 1. The summed E-state index contributed by atoms with van der Waals surface area (Å²) in [6, 6.07) is 5.31. The summed E-state index contributed by atoms with van der Waals surface area (Å²) < 4.78 is 10.6. The molecule has 0 radical (unpaired) electrons. The van der Waals surface area contributed by atoms with Crippen molar-refractivity contribution in [2.75, 3.05) is 32.1 Å². The lowest BCUT2D eigenvalue weighted by molar-refractivity contribution is 0.0171. The van der Waals surface area contributed by atoms with Crippen LogP contribution in [-0.4, -0.2) is 49.3 Å². The summed E-state index contributed by atoms with van der Waals surface area (Å²) >= 11 is 6.11. The molecular formula is C19H29ClN4O3. The maximum atomic E-state index is 12.2. The molecule has 1 unspecified atom stereocenters. The van der Waals surface area contributed by atoms with Crippen LogP contribution >= 0.6 is 11.6 Å². The summed E-state index contributed by atoms with van der Waals surface area (Å²) in [5, 5.41) is 3.52. The SMILES string of the molecule is COc1ccc(NC(N)=NCC2CCCN(C(=O)OC(C)(C)C)C2)cc1Cl. The number of rotatable bonds is 4. The molecule has 1 aliphatic heterocycles. The molecule has 7 nitrogen and oxygen atoms in total. The number of carbonyl (C=O) groups is 1. The normalized spacial score (nSPS) is 18.2. The zero-order chi connectivity index (χ0) is 20.0. The first-order valence-corrected chi connectivity index (χ1v) is 9.44. The van der Waals surface area contributed by atoms with Crippen LogP contribution in [0.5, 0.6) is 5.75 Å². The molecule has 1 aromatic rings. The molecule has 1 fully saturated rings. The second-order valence-electron chi connectivity index (χ2n) is 7.63. The van der Waals surface area contributed by atoms with Crippen LogP contribution in [0.3, 0.4) is 0 Å². The molecule has 1 saturated heterocycles. The Kier molecular flexibility index (Phi) is 7.18. The number of amides is 1. The maximum absolute atomic E-state index is 12.2. The van der Waals surface area contributed by atoms with E-state index in [0.29, 0.717) is 36.4 Å². The Balaban J connectivity index is 1.88. The molecule has 0 saturated carbocycles. The van der Waals surface area contributed by atoms with E-state index in [0.717, 1.165) is 18.5 Å². The first-order valence-electron chi connectivity index (χ1n) is 9.06. The largest absolute Gasteiger partial charge is 0.495 e. The van der Waals surface area contributed by atoms with E-state index >= 15 is 0 Å². The van der Waals surface area contributed by atoms with Crippen molar-refractivity contribution < 1.29 is 14.3 Å². The van der Waals surface area contributed by atoms with Crippen molar-refractivity contribution in [3.05, 3.63) is 23.2 Å². The lowest BCUT2D eigenvalue weighted by atomic mass is 9.98. The van der Waals surface area contributed by atoms with Gasteiger partial charge in [-0.25, -0.2) is 4.79 Å². The molecule has 8 heteroatoms. The number of guanidine groups is 1. The highest BCUT2D eigenvalue weighted by molar-refractivity contribution is 6.32. The van der Waals surface area contributed by atoms with Gasteiger partial charge in [0.15, 0.2) is 5.96 Å². The third kappa shape index (κ3) is 6.82. The van der Waals surface area contributed by atoms with Crippen LogP contribution in [0, 0.1) is 5.92 Å². The van der Waals surface area contributed by atoms with Gasteiger partial charge in [0.2, 0.25) is 0 Å². The molecule has 0 bridgehead atoms. The Labute approximate surface area is 165 Å². The van der Waals surface area contributed by atoms with Crippen LogP contribution in [0.2, 0.25) is 5.02 Å². The summed E-state index contributed by atoms with van der Waals surface area (Å²) in [6.45, 7) is 7.49. The second-order valence-corrected chi connectivity index (χ2v) is 8.04. The number of hydrogen-bond acceptors (Lipinski definition) is 4. The van der Waals surface area contributed by atoms with Gasteiger partial charge in [0.25, 0.3) is 0 Å². The fraction of sp³-hybridized carbons (Fsp3) is 0.579. The third-order valence-corrected chi connectivity index (χ3v) is 4.41. The zero-order valence-electron chi connectivity index (χ0n) is 16.4. The summed E-state index contributed by atoms with van der Waals surface area (Å²) in [7, 11) is 1.56. The van der Waals surface area contributed by atoms with Crippen molar-refractivity contribution in [3.63, 3.8) is 0 Å². The highest BCUT2D eigenvalue weighted by Crippen LogP contribution is 2.27. The van der Waals surface area contributed by atoms with Crippen molar-refractivity contribution in [2.24, 2.45) is 16.6 Å². The molecule has 150 valence electrons. The molecule has 0 spiro atoms. The standard InChI is InChI=1S/C19H29ClN4O3/c1-19(2,3)27-18(25)24-9-5-6-13(12-24)11-22-17(21)23-14-7-8-16(26-4)15(20)10-14/h7-8,10,13H,5-6,9,11-12H2,1-4H3,(H3,21,22,23). The van der Waals surface area contributed by atoms with Crippen LogP contribution in [0.15, 0.2) is 23.2 Å². The van der Waals surface area contributed by atoms with Gasteiger partial charge in [-0.1, -0.05) is 11.6 Å². The third-order valence-electron chi connectivity index (χ3n) is 4.11. The van der Waals surface area contributed by atoms with Gasteiger partial charge in [-0.2, -0.15) is 0 Å². The Hall–Kier alpha value is -2.15. The number of methoxy groups -OCH3 is 1. The number of aliphatic imine (C=N–C) groups is 1. The molecule has 0 aliphatic carbocycles. The van der Waals surface area contributed by atoms with E-state index in [1.807, 2.05) is 26.8 Å². The highest BCUT2D eigenvalue weighted by atomic mass is 35.5. The number of piperidine rings is 1. The quantitative estimate of drug-likeness (QED) is 0.598. The van der Waals surface area contributed by atoms with Crippen LogP contribution in [0.25, 0.3) is 0 Å². The molecule has 1 aliphatic rings. The smallest absolute Gasteiger partial charge is 0.410 e. The lowest BCUT2D eigenvalue weighted by Crippen LogP contribution is -2.43. The minimum Gasteiger partial charge on any atom is -0.495 e. The molecular weight excluding hydrogens is 368 g/mol. The van der Waals surface area contributed by atoms with Gasteiger partial charge < -0.3 is 25.4 Å². The summed E-state index contributed by atoms with van der Waals surface area (Å²) in [4.78, 5) is 18.4. The summed E-state index contributed by atoms with van der Waals surface area (Å²) in [6.07, 6.45) is 1.67. The van der Waals surface area contributed by atoms with Crippen LogP contribution < -0.4 is 15.8 Å². The van der Waals surface area contributed by atoms with Crippen LogP contribution in [0.1, 0.15) is 33.6 Å². The van der Waals surface area contributed by atoms with E-state index < -0.39 is 5.60 Å². The Morgan fingerprint density at radius 2 is 2.19 bits per heavy atom. The molecule has 2 rings (SSSR count). The van der Waals surface area contributed by atoms with E-state index in [9.17, 15) is 4.79 Å². The Morgan fingerprint density at radius 3 is 2.81 bits per heavy atom. The number of anilines is 1. The first kappa shape index (κ1) is 21.2. The van der Waals surface area contributed by atoms with Gasteiger partial charge in [0.1, 0.15) is 11.4 Å². The van der Waals surface area contributed by atoms with E-state index in [2.05, 4.69) is 10.3 Å². The van der Waals surface area contributed by atoms with Gasteiger partial charge in [-0.15, -0.1) is 0 Å². The predicted molar refractivity (Wildman–Crippen MR) is 109 cm³/mol. The maximum Gasteiger partial charge on any atom is 0.410 e. The van der Waals surface area contributed by atoms with Gasteiger partial charge in [0, 0.05) is 25.3 Å². The fourth-order valence-electron chi connectivity index (χ4n) is 2.87. The first-order chi connectivity index (χ1) is 12.7. The molecule has 1 aromatic carbocycles. The van der Waals surface area contributed by atoms with E-state index in [4.69, 9.17) is 26.8 Å². The molecule has 1 heterocycles. The molecule has 27 heavy (non-hydrogen) atoms. The number of ether oxygens (including phenoxy) is 2. The minimum atomic E-state index is -0.490. The average Bonchev–Trinajstić information content (AvgIpc) is 2.59. The number of hydrogen-bond donors (Lipinski definition) is 2. The monoisotopic (exact) mass is 396 g/mol. The van der Waals surface area contributed by atoms with Gasteiger partial charge >= 0.3 is 6.09 Å². The van der Waals surface area contributed by atoms with E-state index in [1.165, 1.54) is 0 Å². The van der Waals surface area contributed by atoms with Gasteiger partial charge in [-0.05, 0) is 57.7 Å². The lowest BCUT2D eigenvalue weighted by Gasteiger charge is -2.33. The minimum absolute atomic E-state index is 0.256. The highest BCUT2D eigenvalue weighted by Gasteiger charge is 2.27. The number of nitrogens with one attached hydrogen (secondary N) is 1. The fourth-order valence-corrected chi connectivity index (χ4v) is 3.12. The zero-order valence-corrected chi connectivity index (χ0v) is 17.2. The van der Waals surface area contributed by atoms with Crippen molar-refractivity contribution in [1.29, 1.82) is 0 Å². The topological polar surface area (TPSA) is 89.2 Å². The number of carbonyl (C=O) groups excluding carboxylic acids is 1.